The van der Waals surface area contributed by atoms with E-state index in [-0.39, 0.29) is 29.3 Å². The number of hydrogen-bond donors (Lipinski definition) is 2. The number of rotatable bonds is 7. The highest BCUT2D eigenvalue weighted by atomic mass is 16.5. The summed E-state index contributed by atoms with van der Waals surface area (Å²) < 4.78 is 5.19. The van der Waals surface area contributed by atoms with E-state index >= 15 is 0 Å². The van der Waals surface area contributed by atoms with E-state index in [1.165, 1.54) is 0 Å². The minimum Gasteiger partial charge on any atom is -0.497 e. The summed E-state index contributed by atoms with van der Waals surface area (Å²) in [4.78, 5) is 27.8. The first-order chi connectivity index (χ1) is 15.6. The average Bonchev–Trinajstić information content (AvgIpc) is 2.78. The van der Waals surface area contributed by atoms with Crippen LogP contribution in [-0.2, 0) is 11.3 Å². The van der Waals surface area contributed by atoms with Gasteiger partial charge in [0.2, 0.25) is 5.91 Å². The van der Waals surface area contributed by atoms with Crippen molar-refractivity contribution in [3.8, 4) is 5.75 Å². The predicted molar refractivity (Wildman–Crippen MR) is 132 cm³/mol. The largest absolute Gasteiger partial charge is 0.497 e. The van der Waals surface area contributed by atoms with Gasteiger partial charge in [0.15, 0.2) is 0 Å². The van der Waals surface area contributed by atoms with Gasteiger partial charge in [-0.1, -0.05) is 39.0 Å². The van der Waals surface area contributed by atoms with Crippen LogP contribution in [0.5, 0.6) is 5.75 Å². The Hall–Kier alpha value is -2.86. The quantitative estimate of drug-likeness (QED) is 0.622. The second-order valence-electron chi connectivity index (χ2n) is 10.2. The number of methoxy groups -OCH3 is 1. The fraction of sp³-hybridized carbons (Fsp3) is 0.481. The van der Waals surface area contributed by atoms with Gasteiger partial charge >= 0.3 is 0 Å². The van der Waals surface area contributed by atoms with Gasteiger partial charge in [-0.25, -0.2) is 0 Å². The Morgan fingerprint density at radius 1 is 1.06 bits per heavy atom. The summed E-state index contributed by atoms with van der Waals surface area (Å²) in [5.74, 6) is 0.641. The molecule has 0 heterocycles. The van der Waals surface area contributed by atoms with E-state index in [4.69, 9.17) is 10.5 Å². The summed E-state index contributed by atoms with van der Waals surface area (Å²) in [6.45, 7) is 6.86. The maximum atomic E-state index is 13.2. The topological polar surface area (TPSA) is 84.7 Å². The third-order valence-electron chi connectivity index (χ3n) is 6.08. The van der Waals surface area contributed by atoms with E-state index in [0.29, 0.717) is 30.0 Å². The number of hydrogen-bond acceptors (Lipinski definition) is 4. The van der Waals surface area contributed by atoms with Crippen LogP contribution in [0, 0.1) is 5.41 Å². The zero-order valence-corrected chi connectivity index (χ0v) is 20.3. The summed E-state index contributed by atoms with van der Waals surface area (Å²) in [6, 6.07) is 15.3. The Kier molecular flexibility index (Phi) is 8.14. The highest BCUT2D eigenvalue weighted by Gasteiger charge is 2.30. The summed E-state index contributed by atoms with van der Waals surface area (Å²) in [6.07, 6.45) is 4.33. The van der Waals surface area contributed by atoms with Crippen LogP contribution >= 0.6 is 0 Å². The molecule has 0 saturated heterocycles. The van der Waals surface area contributed by atoms with Crippen LogP contribution in [-0.4, -0.2) is 35.9 Å². The van der Waals surface area contributed by atoms with Gasteiger partial charge in [0.1, 0.15) is 5.75 Å². The van der Waals surface area contributed by atoms with Gasteiger partial charge in [-0.3, -0.25) is 9.59 Å². The van der Waals surface area contributed by atoms with E-state index in [1.54, 1.807) is 31.4 Å². The molecule has 2 amide bonds. The zero-order chi connectivity index (χ0) is 24.0. The van der Waals surface area contributed by atoms with Gasteiger partial charge in [0.25, 0.3) is 5.91 Å². The summed E-state index contributed by atoms with van der Waals surface area (Å²) in [5.41, 5.74) is 8.33. The lowest BCUT2D eigenvalue weighted by atomic mass is 9.88. The van der Waals surface area contributed by atoms with Gasteiger partial charge in [0.05, 0.1) is 7.11 Å². The third kappa shape index (κ3) is 7.32. The molecule has 0 bridgehead atoms. The molecule has 3 N–H and O–H groups in total. The number of amides is 2. The van der Waals surface area contributed by atoms with Gasteiger partial charge in [-0.2, -0.15) is 0 Å². The number of ether oxygens (including phenoxy) is 1. The van der Waals surface area contributed by atoms with Crippen molar-refractivity contribution in [1.29, 1.82) is 0 Å². The van der Waals surface area contributed by atoms with Crippen LogP contribution in [0.25, 0.3) is 0 Å². The fourth-order valence-corrected chi connectivity index (χ4v) is 4.25. The van der Waals surface area contributed by atoms with Crippen molar-refractivity contribution >= 4 is 17.5 Å². The molecule has 2 aromatic carbocycles. The lowest BCUT2D eigenvalue weighted by Crippen LogP contribution is -2.44. The second-order valence-corrected chi connectivity index (χ2v) is 10.2. The average molecular weight is 452 g/mol. The lowest BCUT2D eigenvalue weighted by molar-refractivity contribution is -0.137. The number of nitrogens with one attached hydrogen (secondary N) is 1. The molecule has 33 heavy (non-hydrogen) atoms. The molecule has 1 aliphatic carbocycles. The van der Waals surface area contributed by atoms with Gasteiger partial charge in [-0.05, 0) is 67.0 Å². The van der Waals surface area contributed by atoms with E-state index in [1.807, 2.05) is 29.2 Å². The lowest BCUT2D eigenvalue weighted by Gasteiger charge is -2.37. The molecule has 0 aromatic heterocycles. The van der Waals surface area contributed by atoms with E-state index in [0.717, 1.165) is 31.2 Å². The Bertz CT molecular complexity index is 942. The van der Waals surface area contributed by atoms with Crippen molar-refractivity contribution in [3.63, 3.8) is 0 Å². The van der Waals surface area contributed by atoms with Crippen molar-refractivity contribution in [1.82, 2.24) is 4.90 Å². The molecule has 0 atom stereocenters. The normalized spacial score (nSPS) is 18.5. The van der Waals surface area contributed by atoms with Crippen molar-refractivity contribution in [2.24, 2.45) is 11.1 Å². The fourth-order valence-electron chi connectivity index (χ4n) is 4.25. The molecular formula is C27H37N3O3. The van der Waals surface area contributed by atoms with Gasteiger partial charge in [-0.15, -0.1) is 0 Å². The Morgan fingerprint density at radius 2 is 1.73 bits per heavy atom. The predicted octanol–water partition coefficient (Wildman–Crippen LogP) is 4.98. The van der Waals surface area contributed by atoms with E-state index < -0.39 is 0 Å². The van der Waals surface area contributed by atoms with Gasteiger partial charge < -0.3 is 20.7 Å². The van der Waals surface area contributed by atoms with Crippen LogP contribution < -0.4 is 15.8 Å². The van der Waals surface area contributed by atoms with Crippen LogP contribution in [0.3, 0.4) is 0 Å². The first-order valence-electron chi connectivity index (χ1n) is 11.7. The standard InChI is InChI=1S/C27H37N3O3/c1-27(2,3)17-25(31)30(23-14-10-21(28)11-15-23)18-19-8-12-22(13-9-19)29-26(32)20-6-5-7-24(16-20)33-4/h5-9,12-13,16,21,23H,10-11,14-15,17-18,28H2,1-4H3,(H,29,32). The summed E-state index contributed by atoms with van der Waals surface area (Å²) in [5, 5.41) is 2.92. The number of benzene rings is 2. The van der Waals surface area contributed by atoms with Crippen molar-refractivity contribution < 1.29 is 14.3 Å². The first-order valence-corrected chi connectivity index (χ1v) is 11.7. The summed E-state index contributed by atoms with van der Waals surface area (Å²) in [7, 11) is 1.58. The Morgan fingerprint density at radius 3 is 2.33 bits per heavy atom. The molecule has 0 radical (unpaired) electrons. The molecule has 1 saturated carbocycles. The molecule has 1 aliphatic rings. The molecular weight excluding hydrogens is 414 g/mol. The first kappa shape index (κ1) is 24.8. The maximum Gasteiger partial charge on any atom is 0.255 e. The van der Waals surface area contributed by atoms with E-state index in [2.05, 4.69) is 26.1 Å². The molecule has 2 aromatic rings. The highest BCUT2D eigenvalue weighted by Crippen LogP contribution is 2.28. The second kappa shape index (κ2) is 10.8. The van der Waals surface area contributed by atoms with Crippen LogP contribution in [0.4, 0.5) is 5.69 Å². The Labute approximate surface area is 197 Å². The maximum absolute atomic E-state index is 13.2. The molecule has 178 valence electrons. The minimum atomic E-state index is -0.192. The Balaban J connectivity index is 1.68. The molecule has 3 rings (SSSR count). The molecule has 1 fully saturated rings. The minimum absolute atomic E-state index is 0.0609. The van der Waals surface area contributed by atoms with Crippen LogP contribution in [0.15, 0.2) is 48.5 Å². The highest BCUT2D eigenvalue weighted by molar-refractivity contribution is 6.04. The van der Waals surface area contributed by atoms with Crippen molar-refractivity contribution in [2.75, 3.05) is 12.4 Å². The number of nitrogens with zero attached hydrogens (tertiary/aromatic N) is 1. The number of anilines is 1. The van der Waals surface area contributed by atoms with Crippen LogP contribution in [0.2, 0.25) is 0 Å². The SMILES string of the molecule is COc1cccc(C(=O)Nc2ccc(CN(C(=O)CC(C)(C)C)C3CCC(N)CC3)cc2)c1. The van der Waals surface area contributed by atoms with Crippen molar-refractivity contribution in [2.45, 2.75) is 71.5 Å². The molecule has 0 unspecified atom stereocenters. The molecule has 6 nitrogen and oxygen atoms in total. The third-order valence-corrected chi connectivity index (χ3v) is 6.08. The monoisotopic (exact) mass is 451 g/mol. The number of carbonyl (C=O) groups is 2. The smallest absolute Gasteiger partial charge is 0.255 e. The zero-order valence-electron chi connectivity index (χ0n) is 20.3. The van der Waals surface area contributed by atoms with Crippen LogP contribution in [0.1, 0.15) is 68.8 Å². The molecule has 6 heteroatoms. The summed E-state index contributed by atoms with van der Waals surface area (Å²) >= 11 is 0. The molecule has 0 aliphatic heterocycles. The van der Waals surface area contributed by atoms with E-state index in [9.17, 15) is 9.59 Å². The van der Waals surface area contributed by atoms with Crippen molar-refractivity contribution in [3.05, 3.63) is 59.7 Å². The number of nitrogens with two attached hydrogens (primary N) is 1. The molecule has 0 spiro atoms. The number of carbonyl (C=O) groups excluding carboxylic acids is 2. The van der Waals surface area contributed by atoms with Gasteiger partial charge in [0, 0.05) is 36.3 Å².